The predicted molar refractivity (Wildman–Crippen MR) is 188 cm³/mol. The first-order chi connectivity index (χ1) is 23.0. The maximum absolute atomic E-state index is 13.7. The van der Waals surface area contributed by atoms with Crippen molar-refractivity contribution in [3.05, 3.63) is 71.8 Å². The van der Waals surface area contributed by atoms with Crippen LogP contribution in [0.4, 0.5) is 0 Å². The van der Waals surface area contributed by atoms with E-state index < -0.39 is 17.3 Å². The summed E-state index contributed by atoms with van der Waals surface area (Å²) in [6.07, 6.45) is 10.3. The molecule has 2 fully saturated rings. The predicted octanol–water partition coefficient (Wildman–Crippen LogP) is 7.08. The molecule has 1 saturated carbocycles. The third kappa shape index (κ3) is 12.3. The van der Waals surface area contributed by atoms with Gasteiger partial charge in [0.25, 0.3) is 0 Å². The molecular formula is C40H58N2O6. The normalized spacial score (nSPS) is 21.7. The van der Waals surface area contributed by atoms with Gasteiger partial charge in [-0.2, -0.15) is 0 Å². The fraction of sp³-hybridized carbons (Fsp3) is 0.625. The fourth-order valence-corrected chi connectivity index (χ4v) is 6.77. The van der Waals surface area contributed by atoms with Crippen LogP contribution in [0.3, 0.4) is 0 Å². The zero-order valence-corrected chi connectivity index (χ0v) is 29.6. The van der Waals surface area contributed by atoms with Crippen molar-refractivity contribution < 1.29 is 28.6 Å². The molecule has 2 amide bonds. The average Bonchev–Trinajstić information content (AvgIpc) is 3.07. The lowest BCUT2D eigenvalue weighted by molar-refractivity contribution is -0.304. The number of ether oxygens (including phenoxy) is 3. The molecule has 1 heterocycles. The third-order valence-corrected chi connectivity index (χ3v) is 9.68. The molecule has 8 nitrogen and oxygen atoms in total. The molecule has 0 radical (unpaired) electrons. The Hall–Kier alpha value is -3.23. The molecule has 1 saturated heterocycles. The Kier molecular flexibility index (Phi) is 14.5. The summed E-state index contributed by atoms with van der Waals surface area (Å²) in [4.78, 5) is 39.6. The molecule has 4 rings (SSSR count). The monoisotopic (exact) mass is 662 g/mol. The molecule has 48 heavy (non-hydrogen) atoms. The Morgan fingerprint density at radius 3 is 2.02 bits per heavy atom. The quantitative estimate of drug-likeness (QED) is 0.139. The summed E-state index contributed by atoms with van der Waals surface area (Å²) >= 11 is 0. The Morgan fingerprint density at radius 1 is 0.833 bits per heavy atom. The van der Waals surface area contributed by atoms with Crippen molar-refractivity contribution in [1.82, 2.24) is 10.6 Å². The summed E-state index contributed by atoms with van der Waals surface area (Å²) in [6.45, 7) is 8.00. The van der Waals surface area contributed by atoms with Crippen molar-refractivity contribution in [3.8, 4) is 0 Å². The van der Waals surface area contributed by atoms with Crippen LogP contribution < -0.4 is 10.6 Å². The first-order valence-corrected chi connectivity index (χ1v) is 18.2. The highest BCUT2D eigenvalue weighted by molar-refractivity contribution is 5.82. The number of amides is 2. The van der Waals surface area contributed by atoms with Gasteiger partial charge in [0.1, 0.15) is 12.2 Å². The molecule has 8 heteroatoms. The van der Waals surface area contributed by atoms with E-state index >= 15 is 0 Å². The molecule has 2 N–H and O–H groups in total. The van der Waals surface area contributed by atoms with Crippen LogP contribution >= 0.6 is 0 Å². The maximum Gasteiger partial charge on any atom is 0.307 e. The molecular weight excluding hydrogens is 604 g/mol. The van der Waals surface area contributed by atoms with E-state index in [-0.39, 0.29) is 48.8 Å². The van der Waals surface area contributed by atoms with E-state index in [9.17, 15) is 14.4 Å². The fourth-order valence-electron chi connectivity index (χ4n) is 6.77. The van der Waals surface area contributed by atoms with E-state index in [4.69, 9.17) is 14.2 Å². The summed E-state index contributed by atoms with van der Waals surface area (Å²) in [5.41, 5.74) is 2.17. The van der Waals surface area contributed by atoms with E-state index in [1.54, 1.807) is 13.8 Å². The van der Waals surface area contributed by atoms with Gasteiger partial charge < -0.3 is 24.8 Å². The number of rotatable bonds is 17. The Labute approximate surface area is 288 Å². The van der Waals surface area contributed by atoms with Gasteiger partial charge in [-0.1, -0.05) is 93.8 Å². The van der Waals surface area contributed by atoms with Gasteiger partial charge in [0.2, 0.25) is 11.8 Å². The molecule has 3 atom stereocenters. The van der Waals surface area contributed by atoms with Crippen LogP contribution in [0.15, 0.2) is 60.7 Å². The first-order valence-electron chi connectivity index (χ1n) is 18.2. The van der Waals surface area contributed by atoms with Crippen molar-refractivity contribution in [3.63, 3.8) is 0 Å². The largest absolute Gasteiger partial charge is 0.460 e. The average molecular weight is 663 g/mol. The van der Waals surface area contributed by atoms with Crippen LogP contribution in [-0.4, -0.2) is 55.0 Å². The van der Waals surface area contributed by atoms with Gasteiger partial charge in [-0.15, -0.1) is 0 Å². The molecule has 2 aromatic rings. The van der Waals surface area contributed by atoms with Gasteiger partial charge in [-0.3, -0.25) is 14.4 Å². The number of nitrogens with one attached hydrogen (secondary N) is 2. The summed E-state index contributed by atoms with van der Waals surface area (Å²) in [6, 6.07) is 20.8. The first kappa shape index (κ1) is 37.6. The highest BCUT2D eigenvalue weighted by Crippen LogP contribution is 2.35. The van der Waals surface area contributed by atoms with Crippen molar-refractivity contribution in [2.24, 2.45) is 11.3 Å². The number of aryl methyl sites for hydroxylation is 2. The number of benzene rings is 2. The lowest BCUT2D eigenvalue weighted by Gasteiger charge is -2.44. The van der Waals surface area contributed by atoms with Crippen LogP contribution in [-0.2, 0) is 41.4 Å². The summed E-state index contributed by atoms with van der Waals surface area (Å²) < 4.78 is 17.6. The highest BCUT2D eigenvalue weighted by atomic mass is 16.7. The van der Waals surface area contributed by atoms with E-state index in [1.165, 1.54) is 11.1 Å². The number of hydrogen-bond donors (Lipinski definition) is 2. The maximum atomic E-state index is 13.7. The second-order valence-corrected chi connectivity index (χ2v) is 14.8. The minimum absolute atomic E-state index is 0.0569. The van der Waals surface area contributed by atoms with E-state index in [2.05, 4.69) is 59.2 Å². The zero-order valence-electron chi connectivity index (χ0n) is 29.6. The van der Waals surface area contributed by atoms with E-state index in [0.29, 0.717) is 6.61 Å². The Balaban J connectivity index is 1.25. The van der Waals surface area contributed by atoms with Gasteiger partial charge in [-0.05, 0) is 82.8 Å². The molecule has 2 aromatic carbocycles. The number of esters is 1. The molecule has 1 aliphatic heterocycles. The minimum Gasteiger partial charge on any atom is -0.460 e. The number of carbonyl (C=O) groups excluding carboxylic acids is 3. The van der Waals surface area contributed by atoms with Crippen molar-refractivity contribution >= 4 is 17.8 Å². The number of hydrogen-bond acceptors (Lipinski definition) is 6. The molecule has 0 spiro atoms. The van der Waals surface area contributed by atoms with E-state index in [1.807, 2.05) is 26.0 Å². The second kappa shape index (κ2) is 18.5. The lowest BCUT2D eigenvalue weighted by Crippen LogP contribution is -2.56. The topological polar surface area (TPSA) is 103 Å². The van der Waals surface area contributed by atoms with Crippen LogP contribution in [0.5, 0.6) is 0 Å². The van der Waals surface area contributed by atoms with Crippen LogP contribution in [0, 0.1) is 11.3 Å². The minimum atomic E-state index is -0.847. The molecule has 0 bridgehead atoms. The Bertz CT molecular complexity index is 1230. The summed E-state index contributed by atoms with van der Waals surface area (Å²) in [5.74, 6) is -1.46. The van der Waals surface area contributed by atoms with Gasteiger partial charge in [0.05, 0.1) is 19.1 Å². The molecule has 2 aliphatic rings. The van der Waals surface area contributed by atoms with Crippen molar-refractivity contribution in [2.45, 2.75) is 135 Å². The smallest absolute Gasteiger partial charge is 0.307 e. The van der Waals surface area contributed by atoms with Gasteiger partial charge in [-0.25, -0.2) is 0 Å². The van der Waals surface area contributed by atoms with E-state index in [0.717, 1.165) is 77.0 Å². The third-order valence-electron chi connectivity index (χ3n) is 9.68. The summed E-state index contributed by atoms with van der Waals surface area (Å²) in [7, 11) is 0. The summed E-state index contributed by atoms with van der Waals surface area (Å²) in [5, 5.41) is 6.16. The SMILES string of the molecule is CC1(C)OCC(C)(C)C(C(=O)NCCC(=O)O[C@H]2CCCC[C@@H]2NC(=O)C(CCCCc2ccccc2)CCCCc2ccccc2)O1. The van der Waals surface area contributed by atoms with Crippen LogP contribution in [0.2, 0.25) is 0 Å². The molecule has 0 aromatic heterocycles. The zero-order chi connectivity index (χ0) is 34.4. The van der Waals surface area contributed by atoms with Crippen LogP contribution in [0.25, 0.3) is 0 Å². The molecule has 264 valence electrons. The highest BCUT2D eigenvalue weighted by Gasteiger charge is 2.45. The number of carbonyl (C=O) groups is 3. The molecule has 1 unspecified atom stereocenters. The van der Waals surface area contributed by atoms with Crippen molar-refractivity contribution in [1.29, 1.82) is 0 Å². The van der Waals surface area contributed by atoms with Crippen molar-refractivity contribution in [2.75, 3.05) is 13.2 Å². The van der Waals surface area contributed by atoms with Gasteiger partial charge >= 0.3 is 5.97 Å². The van der Waals surface area contributed by atoms with Gasteiger partial charge in [0, 0.05) is 17.9 Å². The standard InChI is InChI=1S/C40H58N2O6/c1-39(2)29-46-40(3,4)48-36(39)38(45)41-28-27-35(43)47-34-26-16-15-25-33(34)42-37(44)32(23-13-11-21-30-17-7-5-8-18-30)24-14-12-22-31-19-9-6-10-20-31/h5-10,17-20,32-34,36H,11-16,21-29H2,1-4H3,(H,41,45)(H,42,44)/t33-,34-,36?/m0/s1. The Morgan fingerprint density at radius 2 is 1.42 bits per heavy atom. The molecule has 1 aliphatic carbocycles. The van der Waals surface area contributed by atoms with Gasteiger partial charge in [0.15, 0.2) is 5.79 Å². The lowest BCUT2D eigenvalue weighted by atomic mass is 9.85. The van der Waals surface area contributed by atoms with Crippen LogP contribution in [0.1, 0.15) is 109 Å². The second-order valence-electron chi connectivity index (χ2n) is 14.8. The number of unbranched alkanes of at least 4 members (excludes halogenated alkanes) is 2.